The Morgan fingerprint density at radius 3 is 2.68 bits per heavy atom. The number of sulfone groups is 1. The van der Waals surface area contributed by atoms with Crippen molar-refractivity contribution in [3.63, 3.8) is 0 Å². The summed E-state index contributed by atoms with van der Waals surface area (Å²) in [5, 5.41) is 10.1. The van der Waals surface area contributed by atoms with Gasteiger partial charge in [-0.15, -0.1) is 0 Å². The minimum Gasteiger partial charge on any atom is -0.468 e. The Morgan fingerprint density at radius 2 is 2.09 bits per heavy atom. The number of aliphatic hydroxyl groups is 1. The summed E-state index contributed by atoms with van der Waals surface area (Å²) in [4.78, 5) is 6.19. The van der Waals surface area contributed by atoms with Gasteiger partial charge in [0.1, 0.15) is 5.76 Å². The maximum absolute atomic E-state index is 11.8. The lowest BCUT2D eigenvalue weighted by Gasteiger charge is -2.29. The average molecular weight is 322 g/mol. The van der Waals surface area contributed by atoms with E-state index in [4.69, 9.17) is 4.42 Å². The Labute approximate surface area is 129 Å². The predicted molar refractivity (Wildman–Crippen MR) is 80.6 cm³/mol. The molecule has 2 aromatic heterocycles. The molecule has 1 N–H and O–H groups in total. The summed E-state index contributed by atoms with van der Waals surface area (Å²) in [7, 11) is -3.20. The van der Waals surface area contributed by atoms with Crippen LogP contribution in [0.1, 0.15) is 11.5 Å². The van der Waals surface area contributed by atoms with Crippen LogP contribution in [0.3, 0.4) is 0 Å². The first-order chi connectivity index (χ1) is 10.5. The van der Waals surface area contributed by atoms with Crippen molar-refractivity contribution >= 4 is 9.84 Å². The molecule has 2 atom stereocenters. The van der Waals surface area contributed by atoms with Gasteiger partial charge in [-0.1, -0.05) is 6.07 Å². The first kappa shape index (κ1) is 15.2. The van der Waals surface area contributed by atoms with Gasteiger partial charge in [0.15, 0.2) is 9.84 Å². The van der Waals surface area contributed by atoms with Gasteiger partial charge in [0.05, 0.1) is 42.2 Å². The van der Waals surface area contributed by atoms with Crippen LogP contribution in [0.5, 0.6) is 0 Å². The lowest BCUT2D eigenvalue weighted by molar-refractivity contribution is 0.0678. The van der Waals surface area contributed by atoms with E-state index in [1.807, 2.05) is 29.2 Å². The molecular formula is C15H18N2O4S. The van der Waals surface area contributed by atoms with E-state index in [1.165, 1.54) is 0 Å². The smallest absolute Gasteiger partial charge is 0.154 e. The minimum absolute atomic E-state index is 0.0400. The summed E-state index contributed by atoms with van der Waals surface area (Å²) in [5.74, 6) is 0.503. The van der Waals surface area contributed by atoms with Gasteiger partial charge >= 0.3 is 0 Å². The molecule has 3 heterocycles. The number of furan rings is 1. The largest absolute Gasteiger partial charge is 0.468 e. The van der Waals surface area contributed by atoms with Crippen molar-refractivity contribution in [1.82, 2.24) is 9.88 Å². The summed E-state index contributed by atoms with van der Waals surface area (Å²) < 4.78 is 28.9. The number of hydrogen-bond acceptors (Lipinski definition) is 6. The summed E-state index contributed by atoms with van der Waals surface area (Å²) in [6.07, 6.45) is 2.39. The highest BCUT2D eigenvalue weighted by Gasteiger charge is 2.40. The SMILES string of the molecule is O=S1(=O)C[C@@H](O)[C@@H](N(Cc2ccccn2)Cc2ccco2)C1. The fourth-order valence-electron chi connectivity index (χ4n) is 2.75. The highest BCUT2D eigenvalue weighted by molar-refractivity contribution is 7.91. The molecule has 0 spiro atoms. The Bertz CT molecular complexity index is 700. The molecule has 7 heteroatoms. The Morgan fingerprint density at radius 1 is 1.23 bits per heavy atom. The topological polar surface area (TPSA) is 83.6 Å². The highest BCUT2D eigenvalue weighted by atomic mass is 32.2. The van der Waals surface area contributed by atoms with Crippen LogP contribution in [0.25, 0.3) is 0 Å². The van der Waals surface area contributed by atoms with E-state index in [-0.39, 0.29) is 11.5 Å². The van der Waals surface area contributed by atoms with E-state index in [0.29, 0.717) is 13.1 Å². The van der Waals surface area contributed by atoms with Gasteiger partial charge in [-0.2, -0.15) is 0 Å². The predicted octanol–water partition coefficient (Wildman–Crippen LogP) is 0.835. The number of nitrogens with zero attached hydrogens (tertiary/aromatic N) is 2. The van der Waals surface area contributed by atoms with E-state index >= 15 is 0 Å². The number of aromatic nitrogens is 1. The molecule has 1 saturated heterocycles. The number of aliphatic hydroxyl groups excluding tert-OH is 1. The molecule has 1 fully saturated rings. The van der Waals surface area contributed by atoms with E-state index < -0.39 is 22.0 Å². The van der Waals surface area contributed by atoms with Crippen LogP contribution in [0, 0.1) is 0 Å². The maximum Gasteiger partial charge on any atom is 0.154 e. The van der Waals surface area contributed by atoms with Crippen molar-refractivity contribution in [2.75, 3.05) is 11.5 Å². The van der Waals surface area contributed by atoms with Crippen molar-refractivity contribution in [3.8, 4) is 0 Å². The van der Waals surface area contributed by atoms with Crippen molar-refractivity contribution in [3.05, 3.63) is 54.2 Å². The van der Waals surface area contributed by atoms with Crippen LogP contribution in [-0.2, 0) is 22.9 Å². The van der Waals surface area contributed by atoms with Crippen LogP contribution >= 0.6 is 0 Å². The van der Waals surface area contributed by atoms with Gasteiger partial charge in [-0.25, -0.2) is 8.42 Å². The van der Waals surface area contributed by atoms with E-state index in [0.717, 1.165) is 11.5 Å². The molecule has 0 aliphatic carbocycles. The molecule has 0 unspecified atom stereocenters. The lowest BCUT2D eigenvalue weighted by Crippen LogP contribution is -2.42. The first-order valence-electron chi connectivity index (χ1n) is 7.08. The van der Waals surface area contributed by atoms with Crippen molar-refractivity contribution in [2.24, 2.45) is 0 Å². The van der Waals surface area contributed by atoms with E-state index in [2.05, 4.69) is 4.98 Å². The molecule has 0 bridgehead atoms. The number of rotatable bonds is 5. The Hall–Kier alpha value is -1.70. The summed E-state index contributed by atoms with van der Waals surface area (Å²) in [6, 6.07) is 8.77. The zero-order valence-electron chi connectivity index (χ0n) is 12.0. The molecule has 0 radical (unpaired) electrons. The lowest BCUT2D eigenvalue weighted by atomic mass is 10.1. The second kappa shape index (κ2) is 6.20. The van der Waals surface area contributed by atoms with Crippen LogP contribution in [-0.4, -0.2) is 47.1 Å². The molecule has 1 aliphatic heterocycles. The fraction of sp³-hybridized carbons (Fsp3) is 0.400. The van der Waals surface area contributed by atoms with Gasteiger partial charge in [0.2, 0.25) is 0 Å². The molecule has 3 rings (SSSR count). The van der Waals surface area contributed by atoms with Gasteiger partial charge < -0.3 is 9.52 Å². The summed E-state index contributed by atoms with van der Waals surface area (Å²) in [6.45, 7) is 0.888. The van der Waals surface area contributed by atoms with Crippen LogP contribution < -0.4 is 0 Å². The van der Waals surface area contributed by atoms with Gasteiger partial charge in [0, 0.05) is 12.7 Å². The van der Waals surface area contributed by atoms with Gasteiger partial charge in [-0.05, 0) is 24.3 Å². The molecule has 6 nitrogen and oxygen atoms in total. The molecule has 2 aromatic rings. The zero-order valence-corrected chi connectivity index (χ0v) is 12.8. The number of pyridine rings is 1. The van der Waals surface area contributed by atoms with Crippen molar-refractivity contribution < 1.29 is 17.9 Å². The second-order valence-corrected chi connectivity index (χ2v) is 7.67. The standard InChI is InChI=1S/C15H18N2O4S/c18-15-11-22(19,20)10-14(15)17(9-13-5-3-7-21-13)8-12-4-1-2-6-16-12/h1-7,14-15,18H,8-11H2/t14-,15+/m0/s1. The summed E-state index contributed by atoms with van der Waals surface area (Å²) in [5.41, 5.74) is 0.825. The third-order valence-corrected chi connectivity index (χ3v) is 5.49. The molecular weight excluding hydrogens is 304 g/mol. The van der Waals surface area contributed by atoms with E-state index in [9.17, 15) is 13.5 Å². The van der Waals surface area contributed by atoms with Gasteiger partial charge in [0.25, 0.3) is 0 Å². The zero-order chi connectivity index (χ0) is 15.6. The quantitative estimate of drug-likeness (QED) is 0.878. The number of hydrogen-bond donors (Lipinski definition) is 1. The van der Waals surface area contributed by atoms with Crippen LogP contribution in [0.2, 0.25) is 0 Å². The Balaban J connectivity index is 1.82. The Kier molecular flexibility index (Phi) is 4.28. The first-order valence-corrected chi connectivity index (χ1v) is 8.90. The minimum atomic E-state index is -3.20. The second-order valence-electron chi connectivity index (χ2n) is 5.52. The molecule has 0 amide bonds. The molecule has 1 aliphatic rings. The molecule has 22 heavy (non-hydrogen) atoms. The monoisotopic (exact) mass is 322 g/mol. The fourth-order valence-corrected chi connectivity index (χ4v) is 4.58. The molecule has 118 valence electrons. The summed E-state index contributed by atoms with van der Waals surface area (Å²) >= 11 is 0. The van der Waals surface area contributed by atoms with E-state index in [1.54, 1.807) is 18.5 Å². The average Bonchev–Trinajstić information content (AvgIpc) is 3.06. The van der Waals surface area contributed by atoms with Gasteiger partial charge in [-0.3, -0.25) is 9.88 Å². The maximum atomic E-state index is 11.8. The van der Waals surface area contributed by atoms with Crippen LogP contribution in [0.4, 0.5) is 0 Å². The molecule has 0 saturated carbocycles. The highest BCUT2D eigenvalue weighted by Crippen LogP contribution is 2.22. The van der Waals surface area contributed by atoms with Crippen LogP contribution in [0.15, 0.2) is 47.2 Å². The normalized spacial score (nSPS) is 23.9. The molecule has 0 aromatic carbocycles. The van der Waals surface area contributed by atoms with Crippen molar-refractivity contribution in [2.45, 2.75) is 25.2 Å². The third-order valence-electron chi connectivity index (χ3n) is 3.79. The van der Waals surface area contributed by atoms with Crippen molar-refractivity contribution in [1.29, 1.82) is 0 Å². The third kappa shape index (κ3) is 3.55.